The van der Waals surface area contributed by atoms with Crippen molar-refractivity contribution < 1.29 is 53.7 Å². The van der Waals surface area contributed by atoms with Gasteiger partial charge in [-0.15, -0.1) is 0 Å². The van der Waals surface area contributed by atoms with Gasteiger partial charge in [-0.05, 0) is 102 Å². The predicted octanol–water partition coefficient (Wildman–Crippen LogP) is 6.82. The predicted molar refractivity (Wildman–Crippen MR) is 208 cm³/mol. The van der Waals surface area contributed by atoms with Gasteiger partial charge in [-0.3, -0.25) is 9.59 Å². The first-order valence-corrected chi connectivity index (χ1v) is 21.7. The average molecular weight is 779 g/mol. The summed E-state index contributed by atoms with van der Waals surface area (Å²) in [7, 11) is 0. The smallest absolute Gasteiger partial charge is 0.309 e. The lowest BCUT2D eigenvalue weighted by atomic mass is 9.71. The zero-order valence-electron chi connectivity index (χ0n) is 35.5. The Balaban J connectivity index is 1.34. The van der Waals surface area contributed by atoms with Gasteiger partial charge in [0.25, 0.3) is 0 Å². The maximum absolute atomic E-state index is 14.6. The largest absolute Gasteiger partial charge is 0.481 e. The SMILES string of the molecule is CC[C@H]1C[C@H](C)[C@@H]([C@@H](CC)C(=O)[C@H](C)[C@H](O)[C@H](C)[C@H]2O[C@@H]([C@@H](CC)C(=O)O)[C@H](C)C[C@@H]2C)O[C@@]12C=C[C@H](O)[C@@]1(CC[C@](C)([C@@H]3CC[C@@](O)(CC)[C@H](C)O3)O1)O2. The van der Waals surface area contributed by atoms with Gasteiger partial charge in [-0.2, -0.15) is 0 Å². The van der Waals surface area contributed by atoms with E-state index in [1.54, 1.807) is 13.0 Å². The molecule has 5 heterocycles. The Morgan fingerprint density at radius 3 is 2.07 bits per heavy atom. The molecule has 0 amide bonds. The molecule has 316 valence electrons. The van der Waals surface area contributed by atoms with Crippen molar-refractivity contribution in [3.05, 3.63) is 12.2 Å². The minimum atomic E-state index is -1.37. The number of Topliss-reactive ketones (excluding diaryl/α,β-unsaturated/α-hetero) is 1. The number of carboxylic acid groups (broad SMARTS) is 1. The van der Waals surface area contributed by atoms with Crippen LogP contribution in [0.15, 0.2) is 12.2 Å². The highest BCUT2D eigenvalue weighted by molar-refractivity contribution is 5.84. The van der Waals surface area contributed by atoms with Crippen molar-refractivity contribution in [2.24, 2.45) is 47.3 Å². The van der Waals surface area contributed by atoms with E-state index in [1.807, 2.05) is 54.5 Å². The minimum Gasteiger partial charge on any atom is -0.481 e. The maximum atomic E-state index is 14.6. The van der Waals surface area contributed by atoms with Gasteiger partial charge in [0.1, 0.15) is 11.9 Å². The Morgan fingerprint density at radius 2 is 1.49 bits per heavy atom. The van der Waals surface area contributed by atoms with E-state index in [2.05, 4.69) is 20.8 Å². The molecule has 0 aliphatic carbocycles. The minimum absolute atomic E-state index is 0.0150. The number of hydrogen-bond acceptors (Lipinski definition) is 10. The highest BCUT2D eigenvalue weighted by atomic mass is 16.8. The van der Waals surface area contributed by atoms with Crippen LogP contribution in [0, 0.1) is 47.3 Å². The van der Waals surface area contributed by atoms with Gasteiger partial charge in [0, 0.05) is 30.1 Å². The molecule has 0 aromatic carbocycles. The van der Waals surface area contributed by atoms with Crippen LogP contribution in [-0.2, 0) is 33.3 Å². The van der Waals surface area contributed by atoms with Crippen LogP contribution in [0.3, 0.4) is 0 Å². The molecular formula is C44H74O11. The Bertz CT molecular complexity index is 1370. The molecule has 5 aliphatic rings. The standard InChI is InChI=1S/C44H74O11/c1-12-30-23-26(7)39(31(13-2)36(47)27(8)35(46)28(9)37-24(5)22-25(6)38(52-37)32(14-3)40(48)49)53-43(30)19-16-33(45)44(55-43)21-20-41(11,54-44)34-17-18-42(50,15-4)29(10)51-34/h16,19,24-35,37-39,45-46,50H,12-15,17-18,20-23H2,1-11H3,(H,48,49)/t24-,25+,26-,27+,28-,29-,30-,31-,32+,33-,34-,35-,37-,38+,39-,41+,42-,43+,44+/m0/s1. The molecular weight excluding hydrogens is 704 g/mol. The summed E-state index contributed by atoms with van der Waals surface area (Å²) in [5.41, 5.74) is -1.64. The van der Waals surface area contributed by atoms with Gasteiger partial charge < -0.3 is 44.1 Å². The van der Waals surface area contributed by atoms with Crippen LogP contribution in [0.5, 0.6) is 0 Å². The van der Waals surface area contributed by atoms with Gasteiger partial charge in [0.15, 0.2) is 5.79 Å². The van der Waals surface area contributed by atoms with Gasteiger partial charge >= 0.3 is 5.97 Å². The number of rotatable bonds is 13. The molecule has 0 bridgehead atoms. The van der Waals surface area contributed by atoms with Crippen LogP contribution in [-0.4, -0.2) is 97.7 Å². The van der Waals surface area contributed by atoms with Crippen molar-refractivity contribution in [1.29, 1.82) is 0 Å². The summed E-state index contributed by atoms with van der Waals surface area (Å²) in [5, 5.41) is 44.3. The van der Waals surface area contributed by atoms with Crippen molar-refractivity contribution >= 4 is 11.8 Å². The van der Waals surface area contributed by atoms with E-state index in [4.69, 9.17) is 23.7 Å². The van der Waals surface area contributed by atoms with Crippen LogP contribution >= 0.6 is 0 Å². The van der Waals surface area contributed by atoms with Crippen molar-refractivity contribution in [2.75, 3.05) is 0 Å². The number of aliphatic hydroxyl groups is 3. The molecule has 4 fully saturated rings. The molecule has 5 rings (SSSR count). The molecule has 0 saturated carbocycles. The summed E-state index contributed by atoms with van der Waals surface area (Å²) in [6.07, 6.45) is 5.59. The lowest BCUT2D eigenvalue weighted by Crippen LogP contribution is -2.63. The molecule has 4 saturated heterocycles. The number of carbonyl (C=O) groups is 2. The van der Waals surface area contributed by atoms with E-state index in [1.165, 1.54) is 0 Å². The monoisotopic (exact) mass is 779 g/mol. The van der Waals surface area contributed by atoms with E-state index in [0.717, 1.165) is 19.3 Å². The first-order valence-electron chi connectivity index (χ1n) is 21.7. The number of ketones is 1. The Morgan fingerprint density at radius 1 is 0.855 bits per heavy atom. The number of aliphatic hydroxyl groups excluding tert-OH is 2. The third-order valence-corrected chi connectivity index (χ3v) is 15.1. The van der Waals surface area contributed by atoms with Crippen molar-refractivity contribution in [3.63, 3.8) is 0 Å². The topological polar surface area (TPSA) is 161 Å². The maximum Gasteiger partial charge on any atom is 0.309 e. The fraction of sp³-hybridized carbons (Fsp3) is 0.909. The first-order chi connectivity index (χ1) is 25.8. The second kappa shape index (κ2) is 17.0. The normalized spacial score (nSPS) is 46.3. The molecule has 11 heteroatoms. The quantitative estimate of drug-likeness (QED) is 0.145. The van der Waals surface area contributed by atoms with E-state index < -0.39 is 76.8 Å². The fourth-order valence-corrected chi connectivity index (χ4v) is 11.2. The van der Waals surface area contributed by atoms with Gasteiger partial charge in [-0.1, -0.05) is 62.3 Å². The van der Waals surface area contributed by atoms with Crippen molar-refractivity contribution in [1.82, 2.24) is 0 Å². The molecule has 5 aliphatic heterocycles. The summed E-state index contributed by atoms with van der Waals surface area (Å²) in [5.74, 6) is -5.74. The van der Waals surface area contributed by atoms with Crippen molar-refractivity contribution in [2.45, 2.75) is 206 Å². The zero-order chi connectivity index (χ0) is 40.8. The second-order valence-corrected chi connectivity index (χ2v) is 18.7. The van der Waals surface area contributed by atoms with Crippen LogP contribution < -0.4 is 0 Å². The van der Waals surface area contributed by atoms with Crippen LogP contribution in [0.2, 0.25) is 0 Å². The summed E-state index contributed by atoms with van der Waals surface area (Å²) >= 11 is 0. The molecule has 0 unspecified atom stereocenters. The second-order valence-electron chi connectivity index (χ2n) is 18.7. The summed E-state index contributed by atoms with van der Waals surface area (Å²) in [6.45, 7) is 21.8. The molecule has 55 heavy (non-hydrogen) atoms. The Labute approximate surface area is 330 Å². The van der Waals surface area contributed by atoms with Crippen LogP contribution in [0.1, 0.15) is 140 Å². The van der Waals surface area contributed by atoms with E-state index in [9.17, 15) is 30.0 Å². The Hall–Kier alpha value is -1.44. The Kier molecular flexibility index (Phi) is 13.8. The number of hydrogen-bond donors (Lipinski definition) is 4. The number of ether oxygens (including phenoxy) is 5. The lowest BCUT2D eigenvalue weighted by molar-refractivity contribution is -0.410. The van der Waals surface area contributed by atoms with E-state index in [0.29, 0.717) is 44.9 Å². The lowest BCUT2D eigenvalue weighted by Gasteiger charge is -2.55. The van der Waals surface area contributed by atoms with Crippen molar-refractivity contribution in [3.8, 4) is 0 Å². The molecule has 0 aromatic heterocycles. The summed E-state index contributed by atoms with van der Waals surface area (Å²) in [4.78, 5) is 26.6. The average Bonchev–Trinajstić information content (AvgIpc) is 3.49. The van der Waals surface area contributed by atoms with Gasteiger partial charge in [-0.25, -0.2) is 0 Å². The fourth-order valence-electron chi connectivity index (χ4n) is 11.2. The number of aliphatic carboxylic acids is 1. The van der Waals surface area contributed by atoms with E-state index >= 15 is 0 Å². The number of carboxylic acids is 1. The third kappa shape index (κ3) is 8.26. The highest BCUT2D eigenvalue weighted by Gasteiger charge is 2.63. The summed E-state index contributed by atoms with van der Waals surface area (Å²) < 4.78 is 33.9. The van der Waals surface area contributed by atoms with Gasteiger partial charge in [0.05, 0.1) is 53.7 Å². The molecule has 2 spiro atoms. The first kappa shape index (κ1) is 44.7. The molecule has 11 nitrogen and oxygen atoms in total. The number of carbonyl (C=O) groups excluding carboxylic acids is 1. The van der Waals surface area contributed by atoms with Crippen LogP contribution in [0.4, 0.5) is 0 Å². The molecule has 19 atom stereocenters. The van der Waals surface area contributed by atoms with Gasteiger partial charge in [0.2, 0.25) is 5.79 Å². The zero-order valence-corrected chi connectivity index (χ0v) is 35.5. The molecule has 4 N–H and O–H groups in total. The van der Waals surface area contributed by atoms with Crippen LogP contribution in [0.25, 0.3) is 0 Å². The molecule has 0 aromatic rings. The molecule has 0 radical (unpaired) electrons. The highest BCUT2D eigenvalue weighted by Crippen LogP contribution is 2.54. The summed E-state index contributed by atoms with van der Waals surface area (Å²) in [6, 6.07) is 0. The van der Waals surface area contributed by atoms with E-state index in [-0.39, 0.29) is 47.8 Å². The third-order valence-electron chi connectivity index (χ3n) is 15.1.